The third kappa shape index (κ3) is 1.62. The van der Waals surface area contributed by atoms with E-state index in [1.54, 1.807) is 0 Å². The van der Waals surface area contributed by atoms with Crippen LogP contribution in [0.15, 0.2) is 29.4 Å². The molecule has 1 atom stereocenters. The molecular formula is C14H19NO. The number of rotatable bonds is 2. The van der Waals surface area contributed by atoms with Gasteiger partial charge in [-0.15, -0.1) is 0 Å². The molecule has 1 saturated carbocycles. The van der Waals surface area contributed by atoms with Crippen LogP contribution in [0.2, 0.25) is 0 Å². The Labute approximate surface area is 97.0 Å². The van der Waals surface area contributed by atoms with Crippen LogP contribution in [0.1, 0.15) is 50.7 Å². The highest BCUT2D eigenvalue weighted by molar-refractivity contribution is 5.99. The van der Waals surface area contributed by atoms with E-state index < -0.39 is 0 Å². The quantitative estimate of drug-likeness (QED) is 0.594. The topological polar surface area (TPSA) is 32.6 Å². The van der Waals surface area contributed by atoms with Crippen LogP contribution >= 0.6 is 0 Å². The zero-order valence-corrected chi connectivity index (χ0v) is 10.2. The zero-order valence-electron chi connectivity index (χ0n) is 10.2. The van der Waals surface area contributed by atoms with Crippen LogP contribution in [-0.2, 0) is 5.41 Å². The fourth-order valence-electron chi connectivity index (χ4n) is 2.32. The first-order valence-corrected chi connectivity index (χ1v) is 5.90. The zero-order chi connectivity index (χ0) is 11.8. The lowest BCUT2D eigenvalue weighted by Crippen LogP contribution is -2.42. The van der Waals surface area contributed by atoms with Crippen molar-refractivity contribution in [2.24, 2.45) is 5.16 Å². The standard InChI is InChI=1S/C14H19NO/c1-10(2)11-4-6-12(7-5-11)14(3)9-8-13(14)15-16/h4-7,10,16H,8-9H2,1-3H3. The Morgan fingerprint density at radius 1 is 1.25 bits per heavy atom. The van der Waals surface area contributed by atoms with Gasteiger partial charge in [-0.25, -0.2) is 0 Å². The smallest absolute Gasteiger partial charge is 0.0673 e. The number of hydrogen-bond donors (Lipinski definition) is 1. The molecule has 0 amide bonds. The van der Waals surface area contributed by atoms with Crippen LogP contribution < -0.4 is 0 Å². The maximum atomic E-state index is 8.91. The van der Waals surface area contributed by atoms with Crippen LogP contribution in [-0.4, -0.2) is 10.9 Å². The van der Waals surface area contributed by atoms with Gasteiger partial charge in [-0.1, -0.05) is 50.2 Å². The molecule has 1 unspecified atom stereocenters. The molecule has 0 aromatic heterocycles. The lowest BCUT2D eigenvalue weighted by molar-refractivity contribution is 0.301. The van der Waals surface area contributed by atoms with Crippen molar-refractivity contribution in [2.45, 2.75) is 44.9 Å². The van der Waals surface area contributed by atoms with E-state index in [2.05, 4.69) is 50.2 Å². The molecule has 1 N–H and O–H groups in total. The molecule has 1 aromatic carbocycles. The fraction of sp³-hybridized carbons (Fsp3) is 0.500. The highest BCUT2D eigenvalue weighted by Gasteiger charge is 2.41. The van der Waals surface area contributed by atoms with Gasteiger partial charge in [0.05, 0.1) is 5.71 Å². The van der Waals surface area contributed by atoms with E-state index in [0.717, 1.165) is 18.6 Å². The van der Waals surface area contributed by atoms with Crippen molar-refractivity contribution in [1.29, 1.82) is 0 Å². The Balaban J connectivity index is 2.29. The summed E-state index contributed by atoms with van der Waals surface area (Å²) in [5.74, 6) is 0.564. The minimum Gasteiger partial charge on any atom is -0.411 e. The van der Waals surface area contributed by atoms with E-state index in [4.69, 9.17) is 5.21 Å². The van der Waals surface area contributed by atoms with Crippen molar-refractivity contribution < 1.29 is 5.21 Å². The molecule has 0 saturated heterocycles. The summed E-state index contributed by atoms with van der Waals surface area (Å²) in [6, 6.07) is 8.69. The largest absolute Gasteiger partial charge is 0.411 e. The van der Waals surface area contributed by atoms with E-state index in [9.17, 15) is 0 Å². The van der Waals surface area contributed by atoms with Crippen molar-refractivity contribution in [3.8, 4) is 0 Å². The molecular weight excluding hydrogens is 198 g/mol. The van der Waals surface area contributed by atoms with E-state index >= 15 is 0 Å². The molecule has 1 aliphatic carbocycles. The Morgan fingerprint density at radius 3 is 2.25 bits per heavy atom. The van der Waals surface area contributed by atoms with E-state index in [1.807, 2.05) is 0 Å². The normalized spacial score (nSPS) is 27.1. The van der Waals surface area contributed by atoms with E-state index in [0.29, 0.717) is 5.92 Å². The van der Waals surface area contributed by atoms with Gasteiger partial charge in [-0.05, 0) is 29.9 Å². The summed E-state index contributed by atoms with van der Waals surface area (Å²) < 4.78 is 0. The monoisotopic (exact) mass is 217 g/mol. The predicted molar refractivity (Wildman–Crippen MR) is 66.3 cm³/mol. The molecule has 16 heavy (non-hydrogen) atoms. The molecule has 2 rings (SSSR count). The number of benzene rings is 1. The summed E-state index contributed by atoms with van der Waals surface area (Å²) in [7, 11) is 0. The Bertz CT molecular complexity index is 405. The SMILES string of the molecule is CC(C)c1ccc(C2(C)CCC2=NO)cc1. The molecule has 0 aliphatic heterocycles. The molecule has 2 heteroatoms. The van der Waals surface area contributed by atoms with Gasteiger partial charge < -0.3 is 5.21 Å². The van der Waals surface area contributed by atoms with Crippen molar-refractivity contribution in [2.75, 3.05) is 0 Å². The van der Waals surface area contributed by atoms with Crippen LogP contribution in [0.5, 0.6) is 0 Å². The maximum absolute atomic E-state index is 8.91. The second kappa shape index (κ2) is 3.93. The van der Waals surface area contributed by atoms with Gasteiger partial charge in [0.25, 0.3) is 0 Å². The summed E-state index contributed by atoms with van der Waals surface area (Å²) in [5, 5.41) is 12.3. The van der Waals surface area contributed by atoms with Crippen molar-refractivity contribution in [3.63, 3.8) is 0 Å². The Morgan fingerprint density at radius 2 is 1.88 bits per heavy atom. The first-order valence-electron chi connectivity index (χ1n) is 5.90. The minimum absolute atomic E-state index is 0.0374. The third-order valence-electron chi connectivity index (χ3n) is 3.83. The lowest BCUT2D eigenvalue weighted by atomic mass is 9.64. The van der Waals surface area contributed by atoms with Gasteiger partial charge in [0, 0.05) is 5.41 Å². The molecule has 0 spiro atoms. The van der Waals surface area contributed by atoms with Gasteiger partial charge in [-0.2, -0.15) is 0 Å². The first kappa shape index (κ1) is 11.2. The first-order chi connectivity index (χ1) is 7.58. The summed E-state index contributed by atoms with van der Waals surface area (Å²) in [6.45, 7) is 6.54. The highest BCUT2D eigenvalue weighted by atomic mass is 16.4. The molecule has 0 bridgehead atoms. The fourth-order valence-corrected chi connectivity index (χ4v) is 2.32. The molecule has 1 aliphatic rings. The van der Waals surface area contributed by atoms with Crippen LogP contribution in [0.3, 0.4) is 0 Å². The molecule has 1 fully saturated rings. The average Bonchev–Trinajstić information content (AvgIpc) is 2.27. The highest BCUT2D eigenvalue weighted by Crippen LogP contribution is 2.41. The lowest BCUT2D eigenvalue weighted by Gasteiger charge is -2.39. The predicted octanol–water partition coefficient (Wildman–Crippen LogP) is 3.69. The van der Waals surface area contributed by atoms with Crippen molar-refractivity contribution in [3.05, 3.63) is 35.4 Å². The molecule has 0 heterocycles. The molecule has 1 aromatic rings. The average molecular weight is 217 g/mol. The van der Waals surface area contributed by atoms with Gasteiger partial charge >= 0.3 is 0 Å². The van der Waals surface area contributed by atoms with Crippen LogP contribution in [0.25, 0.3) is 0 Å². The molecule has 2 nitrogen and oxygen atoms in total. The molecule has 86 valence electrons. The van der Waals surface area contributed by atoms with Crippen LogP contribution in [0.4, 0.5) is 0 Å². The second-order valence-corrected chi connectivity index (χ2v) is 5.16. The second-order valence-electron chi connectivity index (χ2n) is 5.16. The van der Waals surface area contributed by atoms with Gasteiger partial charge in [0.1, 0.15) is 0 Å². The summed E-state index contributed by atoms with van der Waals surface area (Å²) in [4.78, 5) is 0. The van der Waals surface area contributed by atoms with E-state index in [-0.39, 0.29) is 5.41 Å². The van der Waals surface area contributed by atoms with Crippen LogP contribution in [0, 0.1) is 0 Å². The summed E-state index contributed by atoms with van der Waals surface area (Å²) >= 11 is 0. The van der Waals surface area contributed by atoms with Gasteiger partial charge in [-0.3, -0.25) is 0 Å². The minimum atomic E-state index is -0.0374. The van der Waals surface area contributed by atoms with E-state index in [1.165, 1.54) is 11.1 Å². The Kier molecular flexibility index (Phi) is 2.75. The third-order valence-corrected chi connectivity index (χ3v) is 3.83. The van der Waals surface area contributed by atoms with Gasteiger partial charge in [0.15, 0.2) is 0 Å². The maximum Gasteiger partial charge on any atom is 0.0673 e. The Hall–Kier alpha value is -1.31. The van der Waals surface area contributed by atoms with Crippen molar-refractivity contribution in [1.82, 2.24) is 0 Å². The summed E-state index contributed by atoms with van der Waals surface area (Å²) in [6.07, 6.45) is 1.99. The summed E-state index contributed by atoms with van der Waals surface area (Å²) in [5.41, 5.74) is 3.49. The molecule has 0 radical (unpaired) electrons. The van der Waals surface area contributed by atoms with Crippen molar-refractivity contribution >= 4 is 5.71 Å². The number of oxime groups is 1. The van der Waals surface area contributed by atoms with Gasteiger partial charge in [0.2, 0.25) is 0 Å². The number of nitrogens with zero attached hydrogens (tertiary/aromatic N) is 1. The number of hydrogen-bond acceptors (Lipinski definition) is 2.